The molecule has 1 rings (SSSR count). The Labute approximate surface area is 183 Å². The van der Waals surface area contributed by atoms with Crippen LogP contribution in [0.3, 0.4) is 0 Å². The largest absolute Gasteiger partial charge is 0.309 e. The van der Waals surface area contributed by atoms with Crippen LogP contribution in [0.15, 0.2) is 17.1 Å². The maximum atomic E-state index is 5.41. The van der Waals surface area contributed by atoms with E-state index >= 15 is 0 Å². The van der Waals surface area contributed by atoms with E-state index in [4.69, 9.17) is 4.99 Å². The lowest BCUT2D eigenvalue weighted by molar-refractivity contribution is 0.299. The Bertz CT molecular complexity index is 487. The van der Waals surface area contributed by atoms with Crippen LogP contribution < -0.4 is 5.32 Å². The van der Waals surface area contributed by atoms with Gasteiger partial charge in [0.15, 0.2) is 0 Å². The minimum atomic E-state index is 0.250. The van der Waals surface area contributed by atoms with E-state index in [1.165, 1.54) is 56.2 Å². The predicted molar refractivity (Wildman–Crippen MR) is 132 cm³/mol. The van der Waals surface area contributed by atoms with Crippen LogP contribution in [0.2, 0.25) is 0 Å². The molecule has 1 aliphatic carbocycles. The summed E-state index contributed by atoms with van der Waals surface area (Å²) >= 11 is 0. The molecule has 170 valence electrons. The highest BCUT2D eigenvalue weighted by atomic mass is 15.0. The van der Waals surface area contributed by atoms with Gasteiger partial charge in [0, 0.05) is 11.8 Å². The number of aliphatic imine (C=N–C) groups is 1. The Morgan fingerprint density at radius 3 is 2.00 bits per heavy atom. The lowest BCUT2D eigenvalue weighted by Crippen LogP contribution is -2.44. The van der Waals surface area contributed by atoms with Crippen molar-refractivity contribution in [2.75, 3.05) is 6.54 Å². The quantitative estimate of drug-likeness (QED) is 0.247. The van der Waals surface area contributed by atoms with E-state index in [0.29, 0.717) is 23.8 Å². The molecule has 0 aromatic rings. The first-order valence-electron chi connectivity index (χ1n) is 12.7. The normalized spacial score (nSPS) is 21.6. The molecule has 5 unspecified atom stereocenters. The third kappa shape index (κ3) is 8.95. The molecule has 0 amide bonds. The fourth-order valence-electron chi connectivity index (χ4n) is 4.74. The van der Waals surface area contributed by atoms with Crippen molar-refractivity contribution in [1.29, 1.82) is 0 Å². The zero-order valence-corrected chi connectivity index (χ0v) is 21.1. The highest BCUT2D eigenvalue weighted by Crippen LogP contribution is 2.29. The molecule has 0 bridgehead atoms. The fraction of sp³-hybridized carbons (Fsp3) is 0.889. The Morgan fingerprint density at radius 1 is 0.931 bits per heavy atom. The Morgan fingerprint density at radius 2 is 1.52 bits per heavy atom. The zero-order chi connectivity index (χ0) is 22.0. The van der Waals surface area contributed by atoms with Gasteiger partial charge in [0.25, 0.3) is 0 Å². The van der Waals surface area contributed by atoms with E-state index in [1.807, 2.05) is 0 Å². The molecule has 1 fully saturated rings. The average Bonchev–Trinajstić information content (AvgIpc) is 2.70. The van der Waals surface area contributed by atoms with E-state index in [2.05, 4.69) is 67.3 Å². The van der Waals surface area contributed by atoms with E-state index in [-0.39, 0.29) is 6.04 Å². The third-order valence-corrected chi connectivity index (χ3v) is 7.52. The molecule has 1 aliphatic rings. The van der Waals surface area contributed by atoms with Gasteiger partial charge in [0.1, 0.15) is 0 Å². The molecule has 2 nitrogen and oxygen atoms in total. The van der Waals surface area contributed by atoms with E-state index in [0.717, 1.165) is 24.8 Å². The first-order chi connectivity index (χ1) is 13.7. The average molecular weight is 405 g/mol. The SMILES string of the molecule is C=C(C)C(N=C(C(C)C)C(CC1CCCCC1)NCC(C)C(C)CC)C(C)CC. The lowest BCUT2D eigenvalue weighted by Gasteiger charge is -2.33. The summed E-state index contributed by atoms with van der Waals surface area (Å²) in [7, 11) is 0. The van der Waals surface area contributed by atoms with Crippen LogP contribution in [0.25, 0.3) is 0 Å². The van der Waals surface area contributed by atoms with Gasteiger partial charge < -0.3 is 5.32 Å². The molecular formula is C27H52N2. The first-order valence-corrected chi connectivity index (χ1v) is 12.7. The van der Waals surface area contributed by atoms with Crippen molar-refractivity contribution in [3.63, 3.8) is 0 Å². The zero-order valence-electron chi connectivity index (χ0n) is 21.1. The van der Waals surface area contributed by atoms with Crippen LogP contribution in [-0.2, 0) is 0 Å². The molecule has 0 aliphatic heterocycles. The Hall–Kier alpha value is -0.630. The van der Waals surface area contributed by atoms with E-state index in [1.54, 1.807) is 0 Å². The summed E-state index contributed by atoms with van der Waals surface area (Å²) in [6.07, 6.45) is 10.7. The standard InChI is InChI=1S/C27H52N2/c1-10-21(7)23(9)18-28-25(17-24-15-13-12-14-16-24)27(20(5)6)29-26(19(3)4)22(8)11-2/h20-26,28H,3,10-18H2,1-2,4-9H3. The van der Waals surface area contributed by atoms with Crippen molar-refractivity contribution in [3.05, 3.63) is 12.2 Å². The Balaban J connectivity index is 3.10. The summed E-state index contributed by atoms with van der Waals surface area (Å²) in [6, 6.07) is 0.663. The second-order valence-corrected chi connectivity index (χ2v) is 10.4. The summed E-state index contributed by atoms with van der Waals surface area (Å²) in [5.74, 6) is 3.35. The van der Waals surface area contributed by atoms with Gasteiger partial charge >= 0.3 is 0 Å². The van der Waals surface area contributed by atoms with Crippen LogP contribution in [-0.4, -0.2) is 24.3 Å². The smallest absolute Gasteiger partial charge is 0.0729 e. The molecule has 0 heterocycles. The minimum absolute atomic E-state index is 0.250. The van der Waals surface area contributed by atoms with Gasteiger partial charge in [-0.3, -0.25) is 4.99 Å². The van der Waals surface area contributed by atoms with Crippen molar-refractivity contribution in [3.8, 4) is 0 Å². The van der Waals surface area contributed by atoms with Gasteiger partial charge in [-0.2, -0.15) is 0 Å². The third-order valence-electron chi connectivity index (χ3n) is 7.52. The van der Waals surface area contributed by atoms with Crippen LogP contribution in [0.5, 0.6) is 0 Å². The molecule has 0 aromatic heterocycles. The maximum absolute atomic E-state index is 5.41. The van der Waals surface area contributed by atoms with Crippen molar-refractivity contribution in [2.45, 2.75) is 119 Å². The number of nitrogens with zero attached hydrogens (tertiary/aromatic N) is 1. The van der Waals surface area contributed by atoms with Crippen molar-refractivity contribution >= 4 is 5.71 Å². The summed E-state index contributed by atoms with van der Waals surface area (Å²) in [5, 5.41) is 4.00. The van der Waals surface area contributed by atoms with Crippen LogP contribution >= 0.6 is 0 Å². The number of hydrogen-bond donors (Lipinski definition) is 1. The number of rotatable bonds is 13. The molecule has 1 saturated carbocycles. The fourth-order valence-corrected chi connectivity index (χ4v) is 4.74. The summed E-state index contributed by atoms with van der Waals surface area (Å²) in [6.45, 7) is 23.9. The minimum Gasteiger partial charge on any atom is -0.309 e. The van der Waals surface area contributed by atoms with Crippen molar-refractivity contribution in [1.82, 2.24) is 5.32 Å². The van der Waals surface area contributed by atoms with E-state index < -0.39 is 0 Å². The molecular weight excluding hydrogens is 352 g/mol. The van der Waals surface area contributed by atoms with Gasteiger partial charge in [-0.15, -0.1) is 0 Å². The first kappa shape index (κ1) is 26.4. The van der Waals surface area contributed by atoms with E-state index in [9.17, 15) is 0 Å². The van der Waals surface area contributed by atoms with Crippen molar-refractivity contribution < 1.29 is 0 Å². The number of nitrogens with one attached hydrogen (secondary N) is 1. The monoisotopic (exact) mass is 404 g/mol. The summed E-state index contributed by atoms with van der Waals surface area (Å²) < 4.78 is 0. The van der Waals surface area contributed by atoms with Gasteiger partial charge in [0.2, 0.25) is 0 Å². The van der Waals surface area contributed by atoms with Gasteiger partial charge in [0.05, 0.1) is 6.04 Å². The highest BCUT2D eigenvalue weighted by Gasteiger charge is 2.27. The van der Waals surface area contributed by atoms with Gasteiger partial charge in [-0.1, -0.05) is 106 Å². The molecule has 0 radical (unpaired) electrons. The summed E-state index contributed by atoms with van der Waals surface area (Å²) in [4.78, 5) is 5.41. The molecule has 29 heavy (non-hydrogen) atoms. The number of hydrogen-bond acceptors (Lipinski definition) is 2. The molecule has 1 N–H and O–H groups in total. The molecule has 2 heteroatoms. The molecule has 5 atom stereocenters. The van der Waals surface area contributed by atoms with Crippen molar-refractivity contribution in [2.24, 2.45) is 34.6 Å². The second-order valence-electron chi connectivity index (χ2n) is 10.4. The van der Waals surface area contributed by atoms with Gasteiger partial charge in [-0.05, 0) is 49.5 Å². The Kier molecular flexibility index (Phi) is 12.4. The lowest BCUT2D eigenvalue weighted by atomic mass is 9.82. The topological polar surface area (TPSA) is 24.4 Å². The predicted octanol–water partition coefficient (Wildman–Crippen LogP) is 7.69. The van der Waals surface area contributed by atoms with Gasteiger partial charge in [-0.25, -0.2) is 0 Å². The molecule has 0 spiro atoms. The molecule has 0 saturated heterocycles. The van der Waals surface area contributed by atoms with Crippen LogP contribution in [0, 0.1) is 29.6 Å². The highest BCUT2D eigenvalue weighted by molar-refractivity contribution is 5.91. The molecule has 0 aromatic carbocycles. The van der Waals surface area contributed by atoms with Crippen LogP contribution in [0.1, 0.15) is 107 Å². The summed E-state index contributed by atoms with van der Waals surface area (Å²) in [5.41, 5.74) is 2.60. The maximum Gasteiger partial charge on any atom is 0.0729 e. The van der Waals surface area contributed by atoms with Crippen LogP contribution in [0.4, 0.5) is 0 Å². The second kappa shape index (κ2) is 13.6.